The second-order valence-electron chi connectivity index (χ2n) is 6.45. The van der Waals surface area contributed by atoms with Gasteiger partial charge in [-0.05, 0) is 24.5 Å². The average Bonchev–Trinajstić information content (AvgIpc) is 3.02. The van der Waals surface area contributed by atoms with Crippen molar-refractivity contribution in [1.82, 2.24) is 10.2 Å². The van der Waals surface area contributed by atoms with Gasteiger partial charge in [-0.15, -0.1) is 0 Å². The first-order valence-corrected chi connectivity index (χ1v) is 7.63. The summed E-state index contributed by atoms with van der Waals surface area (Å²) in [5.41, 5.74) is -0.235. The molecule has 1 heterocycles. The number of nitrogens with zero attached hydrogens (tertiary/aromatic N) is 1. The zero-order chi connectivity index (χ0) is 13.6. The molecule has 102 valence electrons. The third kappa shape index (κ3) is 2.66. The van der Waals surface area contributed by atoms with Crippen LogP contribution in [-0.4, -0.2) is 46.8 Å². The molecule has 4 nitrogen and oxygen atoms in total. The largest absolute Gasteiger partial charge is 0.342 e. The molecule has 1 saturated heterocycles. The number of rotatable bonds is 3. The van der Waals surface area contributed by atoms with Crippen molar-refractivity contribution in [3.63, 3.8) is 0 Å². The van der Waals surface area contributed by atoms with Gasteiger partial charge in [0.1, 0.15) is 6.04 Å². The summed E-state index contributed by atoms with van der Waals surface area (Å²) in [5, 5.41) is 2.82. The van der Waals surface area contributed by atoms with E-state index in [9.17, 15) is 9.59 Å². The van der Waals surface area contributed by atoms with Crippen molar-refractivity contribution in [2.75, 3.05) is 19.3 Å². The Kier molecular flexibility index (Phi) is 3.38. The lowest BCUT2D eigenvalue weighted by atomic mass is 9.84. The second-order valence-corrected chi connectivity index (χ2v) is 7.72. The Balaban J connectivity index is 2.11. The molecule has 1 aliphatic heterocycles. The number of hydrogen-bond donors (Lipinski definition) is 1. The smallest absolute Gasteiger partial charge is 0.246 e. The first-order valence-electron chi connectivity index (χ1n) is 6.41. The standard InChI is InChI=1S/C13H22N2O2S/c1-12(2,3)10-11(17)15(7-9(16)14-10)8-13(18-4)5-6-13/h10H,5-8H2,1-4H3,(H,14,16). The molecule has 2 aliphatic rings. The van der Waals surface area contributed by atoms with E-state index in [4.69, 9.17) is 0 Å². The van der Waals surface area contributed by atoms with Crippen LogP contribution in [0, 0.1) is 5.41 Å². The maximum Gasteiger partial charge on any atom is 0.246 e. The summed E-state index contributed by atoms with van der Waals surface area (Å²) in [4.78, 5) is 25.9. The minimum Gasteiger partial charge on any atom is -0.342 e. The highest BCUT2D eigenvalue weighted by molar-refractivity contribution is 8.00. The number of carbonyl (C=O) groups is 2. The van der Waals surface area contributed by atoms with Gasteiger partial charge in [0.15, 0.2) is 0 Å². The molecule has 18 heavy (non-hydrogen) atoms. The highest BCUT2D eigenvalue weighted by atomic mass is 32.2. The zero-order valence-corrected chi connectivity index (χ0v) is 12.4. The molecular formula is C13H22N2O2S. The van der Waals surface area contributed by atoms with Gasteiger partial charge >= 0.3 is 0 Å². The first-order chi connectivity index (χ1) is 8.27. The quantitative estimate of drug-likeness (QED) is 0.840. The fraction of sp³-hybridized carbons (Fsp3) is 0.846. The summed E-state index contributed by atoms with van der Waals surface area (Å²) in [6.07, 6.45) is 4.39. The summed E-state index contributed by atoms with van der Waals surface area (Å²) >= 11 is 1.82. The Bertz CT molecular complexity index is 372. The molecule has 5 heteroatoms. The summed E-state index contributed by atoms with van der Waals surface area (Å²) in [6, 6.07) is -0.392. The third-order valence-electron chi connectivity index (χ3n) is 3.78. The van der Waals surface area contributed by atoms with Gasteiger partial charge in [-0.25, -0.2) is 0 Å². The lowest BCUT2D eigenvalue weighted by Crippen LogP contribution is -2.63. The van der Waals surface area contributed by atoms with E-state index in [0.717, 1.165) is 12.8 Å². The predicted octanol–water partition coefficient (Wildman–Crippen LogP) is 1.26. The van der Waals surface area contributed by atoms with E-state index in [-0.39, 0.29) is 28.5 Å². The highest BCUT2D eigenvalue weighted by Crippen LogP contribution is 2.47. The Morgan fingerprint density at radius 2 is 2.00 bits per heavy atom. The molecule has 1 N–H and O–H groups in total. The summed E-state index contributed by atoms with van der Waals surface area (Å²) in [7, 11) is 0. The highest BCUT2D eigenvalue weighted by Gasteiger charge is 2.47. The molecule has 0 spiro atoms. The van der Waals surface area contributed by atoms with Gasteiger partial charge in [-0.1, -0.05) is 20.8 Å². The van der Waals surface area contributed by atoms with Crippen LogP contribution in [0.15, 0.2) is 0 Å². The number of piperazine rings is 1. The minimum atomic E-state index is -0.392. The molecule has 1 saturated carbocycles. The fourth-order valence-electron chi connectivity index (χ4n) is 2.34. The van der Waals surface area contributed by atoms with Crippen molar-refractivity contribution in [2.24, 2.45) is 5.41 Å². The van der Waals surface area contributed by atoms with Crippen LogP contribution in [0.3, 0.4) is 0 Å². The molecule has 0 aromatic carbocycles. The van der Waals surface area contributed by atoms with Gasteiger partial charge in [0.25, 0.3) is 0 Å². The van der Waals surface area contributed by atoms with Crippen LogP contribution in [0.4, 0.5) is 0 Å². The van der Waals surface area contributed by atoms with E-state index in [1.165, 1.54) is 0 Å². The van der Waals surface area contributed by atoms with E-state index in [2.05, 4.69) is 11.6 Å². The van der Waals surface area contributed by atoms with E-state index >= 15 is 0 Å². The lowest BCUT2D eigenvalue weighted by molar-refractivity contribution is -0.147. The van der Waals surface area contributed by atoms with Crippen LogP contribution in [0.25, 0.3) is 0 Å². The van der Waals surface area contributed by atoms with Crippen LogP contribution in [0.2, 0.25) is 0 Å². The van der Waals surface area contributed by atoms with Crippen LogP contribution in [0.1, 0.15) is 33.6 Å². The van der Waals surface area contributed by atoms with E-state index in [1.54, 1.807) is 4.90 Å². The van der Waals surface area contributed by atoms with Gasteiger partial charge in [0.2, 0.25) is 11.8 Å². The lowest BCUT2D eigenvalue weighted by Gasteiger charge is -2.40. The normalized spacial score (nSPS) is 27.1. The maximum atomic E-state index is 12.4. The number of nitrogens with one attached hydrogen (secondary N) is 1. The van der Waals surface area contributed by atoms with Crippen molar-refractivity contribution in [3.8, 4) is 0 Å². The number of carbonyl (C=O) groups excluding carboxylic acids is 2. The molecule has 1 unspecified atom stereocenters. The van der Waals surface area contributed by atoms with Crippen molar-refractivity contribution in [3.05, 3.63) is 0 Å². The van der Waals surface area contributed by atoms with E-state index in [0.29, 0.717) is 6.54 Å². The van der Waals surface area contributed by atoms with Crippen LogP contribution in [-0.2, 0) is 9.59 Å². The molecule has 0 aromatic rings. The average molecular weight is 270 g/mol. The molecule has 2 rings (SSSR count). The van der Waals surface area contributed by atoms with E-state index < -0.39 is 6.04 Å². The van der Waals surface area contributed by atoms with Gasteiger partial charge < -0.3 is 10.2 Å². The molecule has 0 aromatic heterocycles. The van der Waals surface area contributed by atoms with Crippen LogP contribution >= 0.6 is 11.8 Å². The number of thioether (sulfide) groups is 1. The Hall–Kier alpha value is -0.710. The van der Waals surface area contributed by atoms with E-state index in [1.807, 2.05) is 32.5 Å². The van der Waals surface area contributed by atoms with Crippen molar-refractivity contribution in [1.29, 1.82) is 0 Å². The van der Waals surface area contributed by atoms with Gasteiger partial charge in [0.05, 0.1) is 6.54 Å². The first kappa shape index (κ1) is 13.7. The zero-order valence-electron chi connectivity index (χ0n) is 11.6. The Labute approximate surface area is 113 Å². The fourth-order valence-corrected chi connectivity index (χ4v) is 3.13. The molecule has 0 bridgehead atoms. The van der Waals surface area contributed by atoms with Gasteiger partial charge in [-0.3, -0.25) is 9.59 Å². The molecule has 1 aliphatic carbocycles. The molecule has 2 amide bonds. The molecule has 0 radical (unpaired) electrons. The van der Waals surface area contributed by atoms with Crippen molar-refractivity contribution in [2.45, 2.75) is 44.4 Å². The third-order valence-corrected chi connectivity index (χ3v) is 5.19. The molecular weight excluding hydrogens is 248 g/mol. The predicted molar refractivity (Wildman–Crippen MR) is 73.4 cm³/mol. The SMILES string of the molecule is CSC1(CN2CC(=O)NC(C(C)(C)C)C2=O)CC1. The Morgan fingerprint density at radius 1 is 1.39 bits per heavy atom. The summed E-state index contributed by atoms with van der Waals surface area (Å²) < 4.78 is 0.218. The minimum absolute atomic E-state index is 0.0357. The van der Waals surface area contributed by atoms with Gasteiger partial charge in [-0.2, -0.15) is 11.8 Å². The second kappa shape index (κ2) is 4.44. The molecule has 1 atom stereocenters. The number of hydrogen-bond acceptors (Lipinski definition) is 3. The van der Waals surface area contributed by atoms with Crippen LogP contribution < -0.4 is 5.32 Å². The monoisotopic (exact) mass is 270 g/mol. The van der Waals surface area contributed by atoms with Crippen LogP contribution in [0.5, 0.6) is 0 Å². The summed E-state index contributed by atoms with van der Waals surface area (Å²) in [5.74, 6) is 0.0360. The number of amides is 2. The van der Waals surface area contributed by atoms with Crippen molar-refractivity contribution >= 4 is 23.6 Å². The summed E-state index contributed by atoms with van der Waals surface area (Å²) in [6.45, 7) is 6.89. The Morgan fingerprint density at radius 3 is 2.44 bits per heavy atom. The maximum absolute atomic E-state index is 12.4. The molecule has 2 fully saturated rings. The van der Waals surface area contributed by atoms with Crippen molar-refractivity contribution < 1.29 is 9.59 Å². The van der Waals surface area contributed by atoms with Gasteiger partial charge in [0, 0.05) is 11.3 Å². The topological polar surface area (TPSA) is 49.4 Å².